The van der Waals surface area contributed by atoms with E-state index in [2.05, 4.69) is 4.90 Å². The van der Waals surface area contributed by atoms with Crippen molar-refractivity contribution >= 4 is 17.6 Å². The van der Waals surface area contributed by atoms with Crippen LogP contribution in [0.5, 0.6) is 5.75 Å². The Labute approximate surface area is 129 Å². The number of piperidine rings is 1. The van der Waals surface area contributed by atoms with E-state index in [0.717, 1.165) is 55.2 Å². The molecule has 1 saturated carbocycles. The van der Waals surface area contributed by atoms with Crippen molar-refractivity contribution in [2.75, 3.05) is 20.2 Å². The number of nitrogens with zero attached hydrogens (tertiary/aromatic N) is 1. The number of ether oxygens (including phenoxy) is 1. The maximum absolute atomic E-state index is 11.1. The first kappa shape index (κ1) is 14.7. The molecule has 1 saturated heterocycles. The Morgan fingerprint density at radius 1 is 1.48 bits per heavy atom. The lowest BCUT2D eigenvalue weighted by atomic mass is 9.90. The molecule has 0 amide bonds. The van der Waals surface area contributed by atoms with Crippen LogP contribution in [0.15, 0.2) is 18.2 Å². The van der Waals surface area contributed by atoms with Gasteiger partial charge in [-0.1, -0.05) is 17.7 Å². The Morgan fingerprint density at radius 3 is 2.76 bits per heavy atom. The number of methoxy groups -OCH3 is 1. The van der Waals surface area contributed by atoms with E-state index in [1.165, 1.54) is 0 Å². The molecule has 1 heterocycles. The average molecular weight is 310 g/mol. The van der Waals surface area contributed by atoms with Gasteiger partial charge in [0.15, 0.2) is 0 Å². The third kappa shape index (κ3) is 2.74. The van der Waals surface area contributed by atoms with E-state index in [1.54, 1.807) is 7.11 Å². The van der Waals surface area contributed by atoms with Crippen molar-refractivity contribution in [3.8, 4) is 5.75 Å². The highest BCUT2D eigenvalue weighted by atomic mass is 35.5. The molecule has 4 nitrogen and oxygen atoms in total. The summed E-state index contributed by atoms with van der Waals surface area (Å²) < 4.78 is 5.38. The minimum Gasteiger partial charge on any atom is -0.496 e. The van der Waals surface area contributed by atoms with Crippen molar-refractivity contribution in [2.45, 2.75) is 25.8 Å². The van der Waals surface area contributed by atoms with Gasteiger partial charge in [0, 0.05) is 17.1 Å². The van der Waals surface area contributed by atoms with E-state index in [9.17, 15) is 4.79 Å². The van der Waals surface area contributed by atoms with Gasteiger partial charge in [0.2, 0.25) is 0 Å². The summed E-state index contributed by atoms with van der Waals surface area (Å²) in [5.41, 5.74) is 1.09. The molecule has 0 radical (unpaired) electrons. The molecule has 1 spiro atoms. The quantitative estimate of drug-likeness (QED) is 0.929. The third-order valence-electron chi connectivity index (χ3n) is 5.02. The second kappa shape index (κ2) is 5.50. The maximum Gasteiger partial charge on any atom is 0.307 e. The number of hydrogen-bond acceptors (Lipinski definition) is 3. The van der Waals surface area contributed by atoms with Crippen LogP contribution >= 0.6 is 11.6 Å². The molecule has 1 atom stereocenters. The predicted octanol–water partition coefficient (Wildman–Crippen LogP) is 3.04. The van der Waals surface area contributed by atoms with Gasteiger partial charge in [0.05, 0.1) is 13.0 Å². The first-order valence-electron chi connectivity index (χ1n) is 7.32. The molecule has 2 fully saturated rings. The van der Waals surface area contributed by atoms with Crippen molar-refractivity contribution in [3.05, 3.63) is 28.8 Å². The fourth-order valence-electron chi connectivity index (χ4n) is 3.51. The molecule has 1 aromatic rings. The van der Waals surface area contributed by atoms with Crippen molar-refractivity contribution in [3.63, 3.8) is 0 Å². The summed E-state index contributed by atoms with van der Waals surface area (Å²) in [6.45, 7) is 2.62. The first-order valence-corrected chi connectivity index (χ1v) is 7.70. The standard InChI is InChI=1S/C16H20ClNO3/c1-21-14-4-2-3-13(17)11(14)10-18-7-5-16(6-8-18)9-12(16)15(19)20/h2-4,12H,5-10H2,1H3,(H,19,20). The van der Waals surface area contributed by atoms with Crippen molar-refractivity contribution in [2.24, 2.45) is 11.3 Å². The summed E-state index contributed by atoms with van der Waals surface area (Å²) in [4.78, 5) is 13.4. The molecular weight excluding hydrogens is 290 g/mol. The van der Waals surface area contributed by atoms with Gasteiger partial charge in [-0.2, -0.15) is 0 Å². The van der Waals surface area contributed by atoms with Crippen LogP contribution < -0.4 is 4.74 Å². The number of carboxylic acids is 1. The number of carboxylic acid groups (broad SMARTS) is 1. The van der Waals surface area contributed by atoms with E-state index in [0.29, 0.717) is 0 Å². The molecule has 1 N–H and O–H groups in total. The highest BCUT2D eigenvalue weighted by Gasteiger charge is 2.58. The van der Waals surface area contributed by atoms with Gasteiger partial charge in [-0.3, -0.25) is 9.69 Å². The minimum atomic E-state index is -0.628. The molecule has 21 heavy (non-hydrogen) atoms. The van der Waals surface area contributed by atoms with Gasteiger partial charge in [-0.25, -0.2) is 0 Å². The summed E-state index contributed by atoms with van der Waals surface area (Å²) in [6, 6.07) is 5.69. The molecule has 1 unspecified atom stereocenters. The Kier molecular flexibility index (Phi) is 3.84. The number of rotatable bonds is 4. The zero-order valence-corrected chi connectivity index (χ0v) is 12.9. The molecule has 2 aliphatic rings. The Hall–Kier alpha value is -1.26. The van der Waals surface area contributed by atoms with Crippen LogP contribution in [0.3, 0.4) is 0 Å². The zero-order valence-electron chi connectivity index (χ0n) is 12.1. The number of likely N-dealkylation sites (tertiary alicyclic amines) is 1. The monoisotopic (exact) mass is 309 g/mol. The Balaban J connectivity index is 1.63. The van der Waals surface area contributed by atoms with Crippen LogP contribution in [0.2, 0.25) is 5.02 Å². The summed E-state index contributed by atoms with van der Waals surface area (Å²) in [5, 5.41) is 9.86. The van der Waals surface area contributed by atoms with Crippen LogP contribution in [-0.4, -0.2) is 36.2 Å². The van der Waals surface area contributed by atoms with Crippen molar-refractivity contribution in [1.29, 1.82) is 0 Å². The Bertz CT molecular complexity index is 552. The second-order valence-electron chi connectivity index (χ2n) is 6.15. The lowest BCUT2D eigenvalue weighted by Crippen LogP contribution is -2.35. The van der Waals surface area contributed by atoms with Crippen LogP contribution in [0, 0.1) is 11.3 Å². The largest absolute Gasteiger partial charge is 0.496 e. The van der Waals surface area contributed by atoms with Crippen LogP contribution in [0.1, 0.15) is 24.8 Å². The summed E-state index contributed by atoms with van der Waals surface area (Å²) in [6.07, 6.45) is 2.79. The lowest BCUT2D eigenvalue weighted by Gasteiger charge is -2.33. The number of aliphatic carboxylic acids is 1. The van der Waals surface area contributed by atoms with E-state index in [1.807, 2.05) is 18.2 Å². The fraction of sp³-hybridized carbons (Fsp3) is 0.562. The highest BCUT2D eigenvalue weighted by molar-refractivity contribution is 6.31. The minimum absolute atomic E-state index is 0.0763. The van der Waals surface area contributed by atoms with Gasteiger partial charge >= 0.3 is 5.97 Å². The van der Waals surface area contributed by atoms with Gasteiger partial charge in [0.1, 0.15) is 5.75 Å². The average Bonchev–Trinajstić information content (AvgIpc) is 3.18. The zero-order chi connectivity index (χ0) is 15.0. The first-order chi connectivity index (χ1) is 10.1. The second-order valence-corrected chi connectivity index (χ2v) is 6.56. The van der Waals surface area contributed by atoms with Crippen LogP contribution in [-0.2, 0) is 11.3 Å². The summed E-state index contributed by atoms with van der Waals surface area (Å²) >= 11 is 6.28. The number of benzene rings is 1. The number of halogens is 1. The van der Waals surface area contributed by atoms with E-state index >= 15 is 0 Å². The third-order valence-corrected chi connectivity index (χ3v) is 5.37. The highest BCUT2D eigenvalue weighted by Crippen LogP contribution is 2.59. The Morgan fingerprint density at radius 2 is 2.19 bits per heavy atom. The normalized spacial score (nSPS) is 24.0. The molecule has 114 valence electrons. The van der Waals surface area contributed by atoms with E-state index < -0.39 is 5.97 Å². The molecule has 0 aromatic heterocycles. The molecule has 1 aliphatic heterocycles. The number of hydrogen-bond donors (Lipinski definition) is 1. The van der Waals surface area contributed by atoms with Gasteiger partial charge in [-0.05, 0) is 49.9 Å². The van der Waals surface area contributed by atoms with Gasteiger partial charge in [0.25, 0.3) is 0 Å². The fourth-order valence-corrected chi connectivity index (χ4v) is 3.74. The SMILES string of the molecule is COc1cccc(Cl)c1CN1CCC2(CC1)CC2C(=O)O. The van der Waals surface area contributed by atoms with Crippen LogP contribution in [0.25, 0.3) is 0 Å². The molecule has 1 aromatic carbocycles. The molecular formula is C16H20ClNO3. The molecule has 0 bridgehead atoms. The smallest absolute Gasteiger partial charge is 0.307 e. The van der Waals surface area contributed by atoms with Crippen molar-refractivity contribution in [1.82, 2.24) is 4.90 Å². The van der Waals surface area contributed by atoms with E-state index in [4.69, 9.17) is 21.4 Å². The molecule has 3 rings (SSSR count). The molecule has 1 aliphatic carbocycles. The van der Waals surface area contributed by atoms with Gasteiger partial charge < -0.3 is 9.84 Å². The van der Waals surface area contributed by atoms with Crippen LogP contribution in [0.4, 0.5) is 0 Å². The maximum atomic E-state index is 11.1. The number of carbonyl (C=O) groups is 1. The van der Waals surface area contributed by atoms with E-state index in [-0.39, 0.29) is 11.3 Å². The molecule has 5 heteroatoms. The van der Waals surface area contributed by atoms with Crippen molar-refractivity contribution < 1.29 is 14.6 Å². The lowest BCUT2D eigenvalue weighted by molar-refractivity contribution is -0.139. The van der Waals surface area contributed by atoms with Gasteiger partial charge in [-0.15, -0.1) is 0 Å². The topological polar surface area (TPSA) is 49.8 Å². The summed E-state index contributed by atoms with van der Waals surface area (Å²) in [5.74, 6) is 0.0725. The summed E-state index contributed by atoms with van der Waals surface area (Å²) in [7, 11) is 1.65. The predicted molar refractivity (Wildman–Crippen MR) is 80.7 cm³/mol.